The second-order valence-electron chi connectivity index (χ2n) is 6.63. The Balaban J connectivity index is 1.75. The number of nitrogens with zero attached hydrogens (tertiary/aromatic N) is 2. The summed E-state index contributed by atoms with van der Waals surface area (Å²) in [5, 5.41) is 1.52. The van der Waals surface area contributed by atoms with Gasteiger partial charge in [-0.1, -0.05) is 54.9 Å². The van der Waals surface area contributed by atoms with Crippen LogP contribution in [-0.2, 0) is 5.75 Å². The summed E-state index contributed by atoms with van der Waals surface area (Å²) in [6.45, 7) is 0. The first kappa shape index (κ1) is 17.2. The van der Waals surface area contributed by atoms with Gasteiger partial charge >= 0.3 is 0 Å². The van der Waals surface area contributed by atoms with Crippen LogP contribution in [0.3, 0.4) is 0 Å². The number of hydrogen-bond donors (Lipinski definition) is 0. The lowest BCUT2D eigenvalue weighted by atomic mass is 10.2. The largest absolute Gasteiger partial charge is 0.496 e. The molecule has 1 aliphatic rings. The molecule has 1 saturated carbocycles. The van der Waals surface area contributed by atoms with Crippen LogP contribution in [-0.4, -0.2) is 16.7 Å². The van der Waals surface area contributed by atoms with E-state index in [0.717, 1.165) is 40.6 Å². The van der Waals surface area contributed by atoms with Gasteiger partial charge in [-0.15, -0.1) is 0 Å². The van der Waals surface area contributed by atoms with Crippen LogP contribution in [0.15, 0.2) is 58.5 Å². The van der Waals surface area contributed by atoms with Crippen molar-refractivity contribution < 1.29 is 4.74 Å². The number of benzene rings is 2. The highest BCUT2D eigenvalue weighted by Gasteiger charge is 2.23. The molecular weight excluding hydrogens is 344 g/mol. The fourth-order valence-electron chi connectivity index (χ4n) is 3.68. The number of ether oxygens (including phenoxy) is 1. The SMILES string of the molecule is COc1ccccc1CSc1nc2ccccc2c(=O)n1C1CCCC1. The molecule has 1 aromatic heterocycles. The maximum Gasteiger partial charge on any atom is 0.262 e. The predicted molar refractivity (Wildman–Crippen MR) is 106 cm³/mol. The fourth-order valence-corrected chi connectivity index (χ4v) is 4.73. The molecular formula is C21H22N2O2S. The lowest BCUT2D eigenvalue weighted by Gasteiger charge is -2.19. The van der Waals surface area contributed by atoms with Gasteiger partial charge in [0.2, 0.25) is 0 Å². The lowest BCUT2D eigenvalue weighted by molar-refractivity contribution is 0.411. The minimum atomic E-state index is 0.0880. The third-order valence-corrected chi connectivity index (χ3v) is 6.02. The molecule has 1 fully saturated rings. The van der Waals surface area contributed by atoms with Gasteiger partial charge in [-0.05, 0) is 31.0 Å². The first-order valence-corrected chi connectivity index (χ1v) is 10.0. The number of para-hydroxylation sites is 2. The highest BCUT2D eigenvalue weighted by Crippen LogP contribution is 2.34. The van der Waals surface area contributed by atoms with Crippen molar-refractivity contribution in [1.82, 2.24) is 9.55 Å². The second kappa shape index (κ2) is 7.54. The molecule has 0 amide bonds. The van der Waals surface area contributed by atoms with E-state index in [0.29, 0.717) is 5.39 Å². The van der Waals surface area contributed by atoms with Crippen LogP contribution in [0.5, 0.6) is 5.75 Å². The highest BCUT2D eigenvalue weighted by atomic mass is 32.2. The van der Waals surface area contributed by atoms with Gasteiger partial charge in [-0.2, -0.15) is 0 Å². The van der Waals surface area contributed by atoms with E-state index in [4.69, 9.17) is 9.72 Å². The van der Waals surface area contributed by atoms with Crippen LogP contribution in [0.25, 0.3) is 10.9 Å². The maximum atomic E-state index is 13.2. The normalized spacial score (nSPS) is 14.8. The summed E-state index contributed by atoms with van der Waals surface area (Å²) in [5.41, 5.74) is 1.97. The number of methoxy groups -OCH3 is 1. The van der Waals surface area contributed by atoms with E-state index in [1.165, 1.54) is 12.8 Å². The van der Waals surface area contributed by atoms with Crippen molar-refractivity contribution in [2.45, 2.75) is 42.6 Å². The van der Waals surface area contributed by atoms with Crippen LogP contribution in [0, 0.1) is 0 Å². The Hall–Kier alpha value is -2.27. The summed E-state index contributed by atoms with van der Waals surface area (Å²) < 4.78 is 7.40. The maximum absolute atomic E-state index is 13.2. The van der Waals surface area contributed by atoms with E-state index in [9.17, 15) is 4.79 Å². The zero-order chi connectivity index (χ0) is 17.9. The molecule has 1 aliphatic carbocycles. The smallest absolute Gasteiger partial charge is 0.262 e. The summed E-state index contributed by atoms with van der Waals surface area (Å²) in [6, 6.07) is 15.9. The number of thioether (sulfide) groups is 1. The van der Waals surface area contributed by atoms with E-state index in [1.807, 2.05) is 47.0 Å². The van der Waals surface area contributed by atoms with Gasteiger partial charge in [-0.25, -0.2) is 4.98 Å². The van der Waals surface area contributed by atoms with E-state index < -0.39 is 0 Å². The molecule has 4 nitrogen and oxygen atoms in total. The van der Waals surface area contributed by atoms with E-state index in [2.05, 4.69) is 6.07 Å². The van der Waals surface area contributed by atoms with Gasteiger partial charge in [-0.3, -0.25) is 9.36 Å². The average molecular weight is 366 g/mol. The Morgan fingerprint density at radius 3 is 2.65 bits per heavy atom. The summed E-state index contributed by atoms with van der Waals surface area (Å²) in [5.74, 6) is 1.59. The quantitative estimate of drug-likeness (QED) is 0.480. The molecule has 0 N–H and O–H groups in total. The standard InChI is InChI=1S/C21H22N2O2S/c1-25-19-13-7-2-8-15(19)14-26-21-22-18-12-6-5-11-17(18)20(24)23(21)16-9-3-4-10-16/h2,5-8,11-13,16H,3-4,9-10,14H2,1H3. The van der Waals surface area contributed by atoms with Gasteiger partial charge in [0.15, 0.2) is 5.16 Å². The fraction of sp³-hybridized carbons (Fsp3) is 0.333. The van der Waals surface area contributed by atoms with Crippen molar-refractivity contribution in [3.05, 3.63) is 64.4 Å². The van der Waals surface area contributed by atoms with Crippen molar-refractivity contribution in [3.63, 3.8) is 0 Å². The minimum absolute atomic E-state index is 0.0880. The van der Waals surface area contributed by atoms with Gasteiger partial charge in [0.25, 0.3) is 5.56 Å². The number of aromatic nitrogens is 2. The molecule has 0 saturated heterocycles. The summed E-state index contributed by atoms with van der Waals surface area (Å²) >= 11 is 1.62. The van der Waals surface area contributed by atoms with Crippen molar-refractivity contribution in [3.8, 4) is 5.75 Å². The Labute approximate surface area is 157 Å². The zero-order valence-corrected chi connectivity index (χ0v) is 15.7. The summed E-state index contributed by atoms with van der Waals surface area (Å²) in [4.78, 5) is 18.0. The predicted octanol–water partition coefficient (Wildman–Crippen LogP) is 4.81. The van der Waals surface area contributed by atoms with E-state index in [-0.39, 0.29) is 11.6 Å². The van der Waals surface area contributed by atoms with Crippen LogP contribution >= 0.6 is 11.8 Å². The van der Waals surface area contributed by atoms with Gasteiger partial charge in [0.1, 0.15) is 5.75 Å². The molecule has 0 unspecified atom stereocenters. The van der Waals surface area contributed by atoms with Crippen molar-refractivity contribution in [2.24, 2.45) is 0 Å². The summed E-state index contributed by atoms with van der Waals surface area (Å²) in [6.07, 6.45) is 4.48. The molecule has 0 aliphatic heterocycles. The molecule has 5 heteroatoms. The molecule has 0 radical (unpaired) electrons. The third-order valence-electron chi connectivity index (χ3n) is 5.01. The Morgan fingerprint density at radius 2 is 1.85 bits per heavy atom. The van der Waals surface area contributed by atoms with Crippen molar-refractivity contribution in [2.75, 3.05) is 7.11 Å². The zero-order valence-electron chi connectivity index (χ0n) is 14.9. The molecule has 134 valence electrons. The van der Waals surface area contributed by atoms with Gasteiger partial charge < -0.3 is 4.74 Å². The molecule has 1 heterocycles. The Morgan fingerprint density at radius 1 is 1.12 bits per heavy atom. The first-order chi connectivity index (χ1) is 12.8. The second-order valence-corrected chi connectivity index (χ2v) is 7.57. The topological polar surface area (TPSA) is 44.1 Å². The summed E-state index contributed by atoms with van der Waals surface area (Å²) in [7, 11) is 1.69. The van der Waals surface area contributed by atoms with Crippen LogP contribution < -0.4 is 10.3 Å². The van der Waals surface area contributed by atoms with Gasteiger partial charge in [0, 0.05) is 17.4 Å². The van der Waals surface area contributed by atoms with Crippen molar-refractivity contribution >= 4 is 22.7 Å². The highest BCUT2D eigenvalue weighted by molar-refractivity contribution is 7.98. The van der Waals surface area contributed by atoms with Gasteiger partial charge in [0.05, 0.1) is 18.0 Å². The van der Waals surface area contributed by atoms with Crippen molar-refractivity contribution in [1.29, 1.82) is 0 Å². The molecule has 3 aromatic rings. The first-order valence-electron chi connectivity index (χ1n) is 9.04. The minimum Gasteiger partial charge on any atom is -0.496 e. The average Bonchev–Trinajstić information content (AvgIpc) is 3.21. The molecule has 26 heavy (non-hydrogen) atoms. The monoisotopic (exact) mass is 366 g/mol. The number of fused-ring (bicyclic) bond motifs is 1. The molecule has 0 atom stereocenters. The van der Waals surface area contributed by atoms with Crippen LogP contribution in [0.2, 0.25) is 0 Å². The van der Waals surface area contributed by atoms with Crippen LogP contribution in [0.4, 0.5) is 0 Å². The third kappa shape index (κ3) is 3.23. The Bertz CT molecular complexity index is 977. The molecule has 2 aromatic carbocycles. The molecule has 0 spiro atoms. The van der Waals surface area contributed by atoms with E-state index in [1.54, 1.807) is 18.9 Å². The lowest BCUT2D eigenvalue weighted by Crippen LogP contribution is -2.26. The number of hydrogen-bond acceptors (Lipinski definition) is 4. The Kier molecular flexibility index (Phi) is 4.98. The molecule has 4 rings (SSSR count). The molecule has 0 bridgehead atoms. The van der Waals surface area contributed by atoms with Crippen LogP contribution in [0.1, 0.15) is 37.3 Å². The number of rotatable bonds is 5. The van der Waals surface area contributed by atoms with E-state index >= 15 is 0 Å².